The quantitative estimate of drug-likeness (QED) is 0.912. The highest BCUT2D eigenvalue weighted by atomic mass is 32.2. The fourth-order valence-corrected chi connectivity index (χ4v) is 2.81. The highest BCUT2D eigenvalue weighted by Crippen LogP contribution is 2.29. The van der Waals surface area contributed by atoms with Crippen molar-refractivity contribution in [1.29, 1.82) is 0 Å². The molecule has 2 rings (SSSR count). The summed E-state index contributed by atoms with van der Waals surface area (Å²) in [6.07, 6.45) is 0. The van der Waals surface area contributed by atoms with Crippen LogP contribution in [0.5, 0.6) is 0 Å². The zero-order valence-electron chi connectivity index (χ0n) is 10.6. The van der Waals surface area contributed by atoms with E-state index in [-0.39, 0.29) is 17.2 Å². The van der Waals surface area contributed by atoms with Gasteiger partial charge in [0.2, 0.25) is 0 Å². The molecule has 5 heteroatoms. The Hall–Kier alpha value is -1.49. The summed E-state index contributed by atoms with van der Waals surface area (Å²) < 4.78 is 0. The predicted octanol–water partition coefficient (Wildman–Crippen LogP) is 2.84. The third kappa shape index (κ3) is 2.51. The fraction of sp³-hybridized carbons (Fsp3) is 0.385. The smallest absolute Gasteiger partial charge is 0.291 e. The third-order valence-electron chi connectivity index (χ3n) is 2.74. The molecular weight excluding hydrogens is 248 g/mol. The molecule has 0 spiro atoms. The van der Waals surface area contributed by atoms with E-state index in [1.54, 1.807) is 0 Å². The molecule has 96 valence electrons. The van der Waals surface area contributed by atoms with E-state index >= 15 is 0 Å². The summed E-state index contributed by atoms with van der Waals surface area (Å²) in [6.45, 7) is 5.68. The highest BCUT2D eigenvalue weighted by molar-refractivity contribution is 8.15. The van der Waals surface area contributed by atoms with Gasteiger partial charge in [0.05, 0.1) is 0 Å². The Morgan fingerprint density at radius 2 is 1.83 bits per heavy atom. The monoisotopic (exact) mass is 264 g/mol. The van der Waals surface area contributed by atoms with Gasteiger partial charge in [-0.05, 0) is 44.7 Å². The Labute approximate surface area is 111 Å². The lowest BCUT2D eigenvalue weighted by Gasteiger charge is -2.18. The maximum atomic E-state index is 12.1. The molecule has 1 aliphatic heterocycles. The molecule has 1 atom stereocenters. The van der Waals surface area contributed by atoms with Crippen molar-refractivity contribution in [3.8, 4) is 0 Å². The van der Waals surface area contributed by atoms with Gasteiger partial charge in [0.1, 0.15) is 0 Å². The summed E-state index contributed by atoms with van der Waals surface area (Å²) in [4.78, 5) is 25.1. The van der Waals surface area contributed by atoms with Gasteiger partial charge in [-0.3, -0.25) is 14.5 Å². The second-order valence-electron chi connectivity index (χ2n) is 4.58. The first-order chi connectivity index (χ1) is 8.49. The van der Waals surface area contributed by atoms with Crippen LogP contribution in [-0.4, -0.2) is 27.5 Å². The normalized spacial score (nSPS) is 19.8. The summed E-state index contributed by atoms with van der Waals surface area (Å²) in [7, 11) is 0. The van der Waals surface area contributed by atoms with E-state index in [0.29, 0.717) is 0 Å². The van der Waals surface area contributed by atoms with Crippen molar-refractivity contribution in [2.24, 2.45) is 0 Å². The van der Waals surface area contributed by atoms with E-state index in [1.807, 2.05) is 45.0 Å². The molecule has 1 heterocycles. The lowest BCUT2D eigenvalue weighted by atomic mass is 10.2. The number of carbonyl (C=O) groups is 2. The molecule has 1 unspecified atom stereocenters. The molecule has 0 saturated carbocycles. The lowest BCUT2D eigenvalue weighted by molar-refractivity contribution is -0.127. The minimum absolute atomic E-state index is 0.0951. The van der Waals surface area contributed by atoms with Crippen LogP contribution >= 0.6 is 11.8 Å². The standard InChI is InChI=1S/C13H16N2O2S/c1-8(2)15-12(16)11(18-13(15)17)14-10-6-4-9(3)5-7-10/h4-8,11,14H,1-3H3. The number of rotatable bonds is 3. The van der Waals surface area contributed by atoms with Crippen molar-refractivity contribution < 1.29 is 9.59 Å². The summed E-state index contributed by atoms with van der Waals surface area (Å²) in [5, 5.41) is 2.39. The number of anilines is 1. The second kappa shape index (κ2) is 5.02. The number of thioether (sulfide) groups is 1. The van der Waals surface area contributed by atoms with Gasteiger partial charge in [-0.15, -0.1) is 0 Å². The molecule has 2 amide bonds. The van der Waals surface area contributed by atoms with Crippen molar-refractivity contribution in [1.82, 2.24) is 4.90 Å². The maximum Gasteiger partial charge on any atom is 0.291 e. The fourth-order valence-electron chi connectivity index (χ4n) is 1.78. The van der Waals surface area contributed by atoms with E-state index < -0.39 is 5.37 Å². The Kier molecular flexibility index (Phi) is 3.61. The highest BCUT2D eigenvalue weighted by Gasteiger charge is 2.40. The van der Waals surface area contributed by atoms with Gasteiger partial charge in [-0.1, -0.05) is 17.7 Å². The molecule has 0 aromatic heterocycles. The SMILES string of the molecule is Cc1ccc(NC2SC(=O)N(C(C)C)C2=O)cc1. The van der Waals surface area contributed by atoms with E-state index in [9.17, 15) is 9.59 Å². The van der Waals surface area contributed by atoms with Crippen LogP contribution in [0.1, 0.15) is 19.4 Å². The van der Waals surface area contributed by atoms with Crippen molar-refractivity contribution in [3.05, 3.63) is 29.8 Å². The van der Waals surface area contributed by atoms with E-state index in [4.69, 9.17) is 0 Å². The van der Waals surface area contributed by atoms with Crippen molar-refractivity contribution in [3.63, 3.8) is 0 Å². The van der Waals surface area contributed by atoms with Crippen LogP contribution in [0.15, 0.2) is 24.3 Å². The number of benzene rings is 1. The topological polar surface area (TPSA) is 49.4 Å². The van der Waals surface area contributed by atoms with Gasteiger partial charge in [0, 0.05) is 11.7 Å². The van der Waals surface area contributed by atoms with Crippen LogP contribution in [0.2, 0.25) is 0 Å². The average Bonchev–Trinajstić information content (AvgIpc) is 2.57. The molecule has 18 heavy (non-hydrogen) atoms. The molecular formula is C13H16N2O2S. The molecule has 1 aromatic rings. The number of aryl methyl sites for hydroxylation is 1. The Balaban J connectivity index is 2.10. The zero-order valence-corrected chi connectivity index (χ0v) is 11.5. The van der Waals surface area contributed by atoms with E-state index in [0.717, 1.165) is 23.0 Å². The van der Waals surface area contributed by atoms with Crippen molar-refractivity contribution in [2.45, 2.75) is 32.2 Å². The van der Waals surface area contributed by atoms with Gasteiger partial charge in [0.25, 0.3) is 11.1 Å². The van der Waals surface area contributed by atoms with E-state index in [1.165, 1.54) is 4.90 Å². The molecule has 1 aliphatic rings. The van der Waals surface area contributed by atoms with Gasteiger partial charge >= 0.3 is 0 Å². The number of nitrogens with one attached hydrogen (secondary N) is 1. The molecule has 1 saturated heterocycles. The largest absolute Gasteiger partial charge is 0.365 e. The number of imide groups is 1. The Morgan fingerprint density at radius 1 is 1.22 bits per heavy atom. The average molecular weight is 264 g/mol. The summed E-state index contributed by atoms with van der Waals surface area (Å²) in [6, 6.07) is 7.66. The second-order valence-corrected chi connectivity index (χ2v) is 5.63. The first kappa shape index (κ1) is 13.0. The molecule has 1 fully saturated rings. The Bertz CT molecular complexity index is 470. The van der Waals surface area contributed by atoms with Crippen molar-refractivity contribution >= 4 is 28.6 Å². The predicted molar refractivity (Wildman–Crippen MR) is 73.6 cm³/mol. The van der Waals surface area contributed by atoms with Crippen LogP contribution in [-0.2, 0) is 4.79 Å². The number of nitrogens with zero attached hydrogens (tertiary/aromatic N) is 1. The van der Waals surface area contributed by atoms with Crippen LogP contribution in [0.4, 0.5) is 10.5 Å². The lowest BCUT2D eigenvalue weighted by Crippen LogP contribution is -2.38. The van der Waals surface area contributed by atoms with Gasteiger partial charge < -0.3 is 5.32 Å². The molecule has 0 aliphatic carbocycles. The summed E-state index contributed by atoms with van der Waals surface area (Å²) >= 11 is 1.04. The zero-order chi connectivity index (χ0) is 13.3. The van der Waals surface area contributed by atoms with E-state index in [2.05, 4.69) is 5.32 Å². The summed E-state index contributed by atoms with van der Waals surface area (Å²) in [5.41, 5.74) is 2.01. The van der Waals surface area contributed by atoms with Crippen molar-refractivity contribution in [2.75, 3.05) is 5.32 Å². The van der Waals surface area contributed by atoms with Gasteiger partial charge in [-0.25, -0.2) is 0 Å². The Morgan fingerprint density at radius 3 is 2.33 bits per heavy atom. The third-order valence-corrected chi connectivity index (χ3v) is 3.70. The van der Waals surface area contributed by atoms with Crippen LogP contribution in [0.3, 0.4) is 0 Å². The maximum absolute atomic E-state index is 12.1. The minimum Gasteiger partial charge on any atom is -0.365 e. The summed E-state index contributed by atoms with van der Waals surface area (Å²) in [5.74, 6) is -0.166. The molecule has 4 nitrogen and oxygen atoms in total. The number of hydrogen-bond acceptors (Lipinski definition) is 4. The number of hydrogen-bond donors (Lipinski definition) is 1. The first-order valence-electron chi connectivity index (χ1n) is 5.86. The number of amides is 2. The van der Waals surface area contributed by atoms with Gasteiger partial charge in [0.15, 0.2) is 5.37 Å². The molecule has 1 aromatic carbocycles. The molecule has 0 bridgehead atoms. The number of carbonyl (C=O) groups excluding carboxylic acids is 2. The first-order valence-corrected chi connectivity index (χ1v) is 6.74. The molecule has 1 N–H and O–H groups in total. The van der Waals surface area contributed by atoms with Crippen LogP contribution in [0, 0.1) is 6.92 Å². The van der Waals surface area contributed by atoms with Gasteiger partial charge in [-0.2, -0.15) is 0 Å². The van der Waals surface area contributed by atoms with Crippen LogP contribution < -0.4 is 5.32 Å². The molecule has 0 radical (unpaired) electrons. The van der Waals surface area contributed by atoms with Crippen LogP contribution in [0.25, 0.3) is 0 Å². The minimum atomic E-state index is -0.511.